The van der Waals surface area contributed by atoms with Crippen LogP contribution in [0.25, 0.3) is 10.8 Å². The molecule has 0 amide bonds. The van der Waals surface area contributed by atoms with E-state index in [1.54, 1.807) is 7.11 Å². The van der Waals surface area contributed by atoms with Crippen molar-refractivity contribution in [1.82, 2.24) is 0 Å². The second kappa shape index (κ2) is 5.69. The second-order valence-corrected chi connectivity index (χ2v) is 3.70. The smallest absolute Gasteiger partial charge is 0.162 e. The van der Waals surface area contributed by atoms with Gasteiger partial charge >= 0.3 is 0 Å². The van der Waals surface area contributed by atoms with Gasteiger partial charge in [-0.3, -0.25) is 4.79 Å². The summed E-state index contributed by atoms with van der Waals surface area (Å²) in [6.07, 6.45) is 0.543. The molecule has 0 spiro atoms. The summed E-state index contributed by atoms with van der Waals surface area (Å²) in [5.74, 6) is 1.01. The van der Waals surface area contributed by atoms with Gasteiger partial charge in [0.15, 0.2) is 5.78 Å². The third kappa shape index (κ3) is 2.77. The third-order valence-electron chi connectivity index (χ3n) is 2.69. The van der Waals surface area contributed by atoms with Gasteiger partial charge in [0, 0.05) is 12.0 Å². The highest BCUT2D eigenvalue weighted by molar-refractivity contribution is 5.99. The number of methoxy groups -OCH3 is 1. The molecule has 0 bridgehead atoms. The summed E-state index contributed by atoms with van der Waals surface area (Å²) in [6, 6.07) is 11.6. The number of carbonyl (C=O) groups excluding carboxylic acids is 1. The zero-order valence-electron chi connectivity index (χ0n) is 9.90. The maximum absolute atomic E-state index is 11.6. The fourth-order valence-corrected chi connectivity index (χ4v) is 1.73. The van der Waals surface area contributed by atoms with Crippen LogP contribution in [0.15, 0.2) is 36.4 Å². The average molecular weight is 251 g/mol. The SMILES string of the molecule is CCC(=O)c1ccc2cc(OC)ccc2c1.Cl. The molecule has 0 aromatic heterocycles. The number of carbonyl (C=O) groups is 1. The predicted molar refractivity (Wildman–Crippen MR) is 72.4 cm³/mol. The van der Waals surface area contributed by atoms with E-state index in [0.29, 0.717) is 6.42 Å². The number of Topliss-reactive ketones (excluding diaryl/α,β-unsaturated/α-hetero) is 1. The molecule has 0 N–H and O–H groups in total. The van der Waals surface area contributed by atoms with Gasteiger partial charge in [-0.25, -0.2) is 0 Å². The highest BCUT2D eigenvalue weighted by Gasteiger charge is 2.04. The molecule has 17 heavy (non-hydrogen) atoms. The van der Waals surface area contributed by atoms with Crippen LogP contribution in [-0.2, 0) is 0 Å². The Morgan fingerprint density at radius 3 is 2.41 bits per heavy atom. The van der Waals surface area contributed by atoms with E-state index in [2.05, 4.69) is 0 Å². The van der Waals surface area contributed by atoms with Gasteiger partial charge in [-0.05, 0) is 29.0 Å². The van der Waals surface area contributed by atoms with E-state index in [0.717, 1.165) is 22.1 Å². The topological polar surface area (TPSA) is 26.3 Å². The first-order valence-electron chi connectivity index (χ1n) is 5.35. The van der Waals surface area contributed by atoms with Crippen molar-refractivity contribution in [2.45, 2.75) is 13.3 Å². The molecule has 0 saturated heterocycles. The number of benzene rings is 2. The molecule has 3 heteroatoms. The Morgan fingerprint density at radius 1 is 1.12 bits per heavy atom. The van der Waals surface area contributed by atoms with E-state index in [1.807, 2.05) is 43.3 Å². The van der Waals surface area contributed by atoms with Gasteiger partial charge in [-0.15, -0.1) is 12.4 Å². The number of fused-ring (bicyclic) bond motifs is 1. The van der Waals surface area contributed by atoms with Gasteiger partial charge in [0.1, 0.15) is 5.75 Å². The zero-order valence-corrected chi connectivity index (χ0v) is 10.7. The van der Waals surface area contributed by atoms with Gasteiger partial charge in [0.2, 0.25) is 0 Å². The molecule has 0 aliphatic rings. The van der Waals surface area contributed by atoms with Crippen LogP contribution < -0.4 is 4.74 Å². The highest BCUT2D eigenvalue weighted by atomic mass is 35.5. The molecule has 0 saturated carbocycles. The lowest BCUT2D eigenvalue weighted by molar-refractivity contribution is 0.0988. The van der Waals surface area contributed by atoms with Gasteiger partial charge in [0.05, 0.1) is 7.11 Å². The summed E-state index contributed by atoms with van der Waals surface area (Å²) >= 11 is 0. The van der Waals surface area contributed by atoms with Crippen molar-refractivity contribution in [1.29, 1.82) is 0 Å². The Balaban J connectivity index is 0.00000144. The molecule has 0 atom stereocenters. The van der Waals surface area contributed by atoms with Crippen LogP contribution in [0, 0.1) is 0 Å². The molecule has 0 unspecified atom stereocenters. The molecule has 0 aliphatic heterocycles. The molecule has 0 fully saturated rings. The molecule has 2 rings (SSSR count). The molecule has 2 aromatic rings. The van der Waals surface area contributed by atoms with Crippen molar-refractivity contribution in [2.75, 3.05) is 7.11 Å². The first-order chi connectivity index (χ1) is 7.74. The van der Waals surface area contributed by atoms with Crippen molar-refractivity contribution in [3.05, 3.63) is 42.0 Å². The van der Waals surface area contributed by atoms with Crippen LogP contribution in [0.5, 0.6) is 5.75 Å². The molecular formula is C14H15ClO2. The Bertz CT molecular complexity index is 535. The Labute approximate surface area is 107 Å². The summed E-state index contributed by atoms with van der Waals surface area (Å²) < 4.78 is 5.15. The van der Waals surface area contributed by atoms with Crippen LogP contribution >= 0.6 is 12.4 Å². The highest BCUT2D eigenvalue weighted by Crippen LogP contribution is 2.22. The van der Waals surface area contributed by atoms with E-state index in [4.69, 9.17) is 4.74 Å². The minimum absolute atomic E-state index is 0. The van der Waals surface area contributed by atoms with Gasteiger partial charge in [-0.1, -0.05) is 25.1 Å². The fraction of sp³-hybridized carbons (Fsp3) is 0.214. The molecule has 0 heterocycles. The van der Waals surface area contributed by atoms with Crippen molar-refractivity contribution >= 4 is 29.0 Å². The second-order valence-electron chi connectivity index (χ2n) is 3.70. The number of hydrogen-bond donors (Lipinski definition) is 0. The molecule has 90 valence electrons. The van der Waals surface area contributed by atoms with E-state index >= 15 is 0 Å². The third-order valence-corrected chi connectivity index (χ3v) is 2.69. The van der Waals surface area contributed by atoms with Crippen LogP contribution in [0.3, 0.4) is 0 Å². The lowest BCUT2D eigenvalue weighted by atomic mass is 10.0. The van der Waals surface area contributed by atoms with Crippen LogP contribution in [0.1, 0.15) is 23.7 Å². The Kier molecular flexibility index (Phi) is 4.53. The molecule has 2 aromatic carbocycles. The minimum Gasteiger partial charge on any atom is -0.497 e. The van der Waals surface area contributed by atoms with E-state index in [1.165, 1.54) is 0 Å². The predicted octanol–water partition coefficient (Wildman–Crippen LogP) is 3.86. The van der Waals surface area contributed by atoms with Crippen LogP contribution in [0.4, 0.5) is 0 Å². The summed E-state index contributed by atoms with van der Waals surface area (Å²) in [4.78, 5) is 11.6. The standard InChI is InChI=1S/C14H14O2.ClH/c1-3-14(15)12-5-4-11-9-13(16-2)7-6-10(11)8-12;/h4-9H,3H2,1-2H3;1H. The van der Waals surface area contributed by atoms with Gasteiger partial charge in [-0.2, -0.15) is 0 Å². The summed E-state index contributed by atoms with van der Waals surface area (Å²) in [6.45, 7) is 1.88. The molecule has 0 aliphatic carbocycles. The van der Waals surface area contributed by atoms with Crippen molar-refractivity contribution in [3.63, 3.8) is 0 Å². The summed E-state index contributed by atoms with van der Waals surface area (Å²) in [7, 11) is 1.65. The number of rotatable bonds is 3. The summed E-state index contributed by atoms with van der Waals surface area (Å²) in [5, 5.41) is 2.16. The van der Waals surface area contributed by atoms with E-state index in [9.17, 15) is 4.79 Å². The lowest BCUT2D eigenvalue weighted by Crippen LogP contribution is -1.95. The van der Waals surface area contributed by atoms with E-state index < -0.39 is 0 Å². The first kappa shape index (κ1) is 13.5. The number of halogens is 1. The monoisotopic (exact) mass is 250 g/mol. The van der Waals surface area contributed by atoms with Gasteiger partial charge in [0.25, 0.3) is 0 Å². The summed E-state index contributed by atoms with van der Waals surface area (Å²) in [5.41, 5.74) is 0.778. The van der Waals surface area contributed by atoms with Crippen LogP contribution in [-0.4, -0.2) is 12.9 Å². The maximum atomic E-state index is 11.6. The quantitative estimate of drug-likeness (QED) is 0.773. The zero-order chi connectivity index (χ0) is 11.5. The molecule has 0 radical (unpaired) electrons. The number of ketones is 1. The van der Waals surface area contributed by atoms with Crippen LogP contribution in [0.2, 0.25) is 0 Å². The van der Waals surface area contributed by atoms with Gasteiger partial charge < -0.3 is 4.74 Å². The fourth-order valence-electron chi connectivity index (χ4n) is 1.73. The average Bonchev–Trinajstić information content (AvgIpc) is 2.36. The Morgan fingerprint density at radius 2 is 1.76 bits per heavy atom. The largest absolute Gasteiger partial charge is 0.497 e. The van der Waals surface area contributed by atoms with Crippen molar-refractivity contribution < 1.29 is 9.53 Å². The maximum Gasteiger partial charge on any atom is 0.162 e. The van der Waals surface area contributed by atoms with E-state index in [-0.39, 0.29) is 18.2 Å². The number of hydrogen-bond acceptors (Lipinski definition) is 2. The Hall–Kier alpha value is -1.54. The minimum atomic E-state index is 0. The van der Waals surface area contributed by atoms with Crippen molar-refractivity contribution in [2.24, 2.45) is 0 Å². The normalized spacial score (nSPS) is 9.76. The number of ether oxygens (including phenoxy) is 1. The first-order valence-corrected chi connectivity index (χ1v) is 5.35. The molecular weight excluding hydrogens is 236 g/mol. The van der Waals surface area contributed by atoms with Crippen molar-refractivity contribution in [3.8, 4) is 5.75 Å². The molecule has 2 nitrogen and oxygen atoms in total. The lowest BCUT2D eigenvalue weighted by Gasteiger charge is -2.04.